The molecule has 0 aliphatic carbocycles. The van der Waals surface area contributed by atoms with E-state index in [-0.39, 0.29) is 6.09 Å². The SMILES string of the molecule is CN(Cc1nc2ccc(Cl)cc2[nH]1)C(=O)OC(C)(C)C. The molecule has 1 aromatic heterocycles. The third kappa shape index (κ3) is 3.63. The van der Waals surface area contributed by atoms with Gasteiger partial charge in [-0.25, -0.2) is 9.78 Å². The van der Waals surface area contributed by atoms with Gasteiger partial charge in [-0.1, -0.05) is 11.6 Å². The molecule has 5 nitrogen and oxygen atoms in total. The van der Waals surface area contributed by atoms with Crippen molar-refractivity contribution in [3.8, 4) is 0 Å². The van der Waals surface area contributed by atoms with Gasteiger partial charge < -0.3 is 14.6 Å². The van der Waals surface area contributed by atoms with Gasteiger partial charge in [0.25, 0.3) is 0 Å². The molecule has 6 heteroatoms. The van der Waals surface area contributed by atoms with Crippen molar-refractivity contribution in [2.75, 3.05) is 7.05 Å². The molecule has 0 aliphatic heterocycles. The monoisotopic (exact) mass is 295 g/mol. The Morgan fingerprint density at radius 1 is 1.45 bits per heavy atom. The highest BCUT2D eigenvalue weighted by molar-refractivity contribution is 6.31. The fourth-order valence-corrected chi connectivity index (χ4v) is 1.91. The minimum absolute atomic E-state index is 0.348. The van der Waals surface area contributed by atoms with Crippen LogP contribution in [0.5, 0.6) is 0 Å². The lowest BCUT2D eigenvalue weighted by molar-refractivity contribution is 0.0281. The maximum Gasteiger partial charge on any atom is 0.410 e. The van der Waals surface area contributed by atoms with E-state index in [1.165, 1.54) is 4.90 Å². The molecular weight excluding hydrogens is 278 g/mol. The number of benzene rings is 1. The highest BCUT2D eigenvalue weighted by Gasteiger charge is 2.20. The molecule has 0 unspecified atom stereocenters. The van der Waals surface area contributed by atoms with Crippen LogP contribution in [-0.2, 0) is 11.3 Å². The lowest BCUT2D eigenvalue weighted by Crippen LogP contribution is -2.34. The summed E-state index contributed by atoms with van der Waals surface area (Å²) < 4.78 is 5.29. The van der Waals surface area contributed by atoms with Crippen LogP contribution in [0.15, 0.2) is 18.2 Å². The third-order valence-electron chi connectivity index (χ3n) is 2.59. The van der Waals surface area contributed by atoms with Crippen LogP contribution in [0.25, 0.3) is 11.0 Å². The number of fused-ring (bicyclic) bond motifs is 1. The number of hydrogen-bond donors (Lipinski definition) is 1. The van der Waals surface area contributed by atoms with Gasteiger partial charge in [-0.05, 0) is 39.0 Å². The van der Waals surface area contributed by atoms with Gasteiger partial charge in [0.05, 0.1) is 17.6 Å². The summed E-state index contributed by atoms with van der Waals surface area (Å²) in [5.41, 5.74) is 1.17. The average molecular weight is 296 g/mol. The number of hydrogen-bond acceptors (Lipinski definition) is 3. The maximum atomic E-state index is 11.9. The minimum Gasteiger partial charge on any atom is -0.444 e. The van der Waals surface area contributed by atoms with Crippen molar-refractivity contribution in [2.24, 2.45) is 0 Å². The number of aromatic amines is 1. The van der Waals surface area contributed by atoms with Crippen molar-refractivity contribution in [3.05, 3.63) is 29.0 Å². The maximum absolute atomic E-state index is 11.9. The van der Waals surface area contributed by atoms with Crippen molar-refractivity contribution in [3.63, 3.8) is 0 Å². The number of carbonyl (C=O) groups excluding carboxylic acids is 1. The Hall–Kier alpha value is -1.75. The van der Waals surface area contributed by atoms with Crippen molar-refractivity contribution in [1.29, 1.82) is 0 Å². The molecule has 1 aromatic carbocycles. The summed E-state index contributed by atoms with van der Waals surface area (Å²) in [6, 6.07) is 5.43. The number of halogens is 1. The molecule has 0 aliphatic rings. The molecule has 2 aromatic rings. The summed E-state index contributed by atoms with van der Waals surface area (Å²) in [4.78, 5) is 20.9. The number of nitrogens with zero attached hydrogens (tertiary/aromatic N) is 2. The summed E-state index contributed by atoms with van der Waals surface area (Å²) in [6.07, 6.45) is -0.379. The molecule has 0 bridgehead atoms. The zero-order valence-corrected chi connectivity index (χ0v) is 12.8. The molecule has 1 amide bonds. The second-order valence-corrected chi connectivity index (χ2v) is 6.12. The molecule has 1 heterocycles. The number of aromatic nitrogens is 2. The molecule has 0 spiro atoms. The van der Waals surface area contributed by atoms with Gasteiger partial charge in [-0.15, -0.1) is 0 Å². The van der Waals surface area contributed by atoms with E-state index in [4.69, 9.17) is 16.3 Å². The first-order chi connectivity index (χ1) is 9.24. The van der Waals surface area contributed by atoms with Crippen LogP contribution in [0.3, 0.4) is 0 Å². The van der Waals surface area contributed by atoms with Crippen molar-refractivity contribution in [2.45, 2.75) is 32.9 Å². The Labute approximate surface area is 122 Å². The van der Waals surface area contributed by atoms with Gasteiger partial charge >= 0.3 is 6.09 Å². The van der Waals surface area contributed by atoms with Gasteiger partial charge in [0.2, 0.25) is 0 Å². The molecule has 2 rings (SSSR count). The van der Waals surface area contributed by atoms with E-state index < -0.39 is 5.60 Å². The molecule has 0 saturated carbocycles. The first-order valence-electron chi connectivity index (χ1n) is 6.33. The van der Waals surface area contributed by atoms with E-state index in [9.17, 15) is 4.79 Å². The largest absolute Gasteiger partial charge is 0.444 e. The first kappa shape index (κ1) is 14.7. The molecule has 0 atom stereocenters. The van der Waals surface area contributed by atoms with E-state index in [0.29, 0.717) is 17.4 Å². The number of ether oxygens (including phenoxy) is 1. The van der Waals surface area contributed by atoms with E-state index in [1.54, 1.807) is 19.2 Å². The zero-order valence-electron chi connectivity index (χ0n) is 12.0. The number of H-pyrrole nitrogens is 1. The highest BCUT2D eigenvalue weighted by Crippen LogP contribution is 2.18. The number of nitrogens with one attached hydrogen (secondary N) is 1. The van der Waals surface area contributed by atoms with Crippen LogP contribution in [0.2, 0.25) is 5.02 Å². The van der Waals surface area contributed by atoms with Crippen molar-refractivity contribution >= 4 is 28.7 Å². The van der Waals surface area contributed by atoms with Crippen LogP contribution in [0, 0.1) is 0 Å². The Morgan fingerprint density at radius 3 is 2.80 bits per heavy atom. The van der Waals surface area contributed by atoms with Crippen LogP contribution in [0.1, 0.15) is 26.6 Å². The van der Waals surface area contributed by atoms with Gasteiger partial charge in [-0.3, -0.25) is 0 Å². The lowest BCUT2D eigenvalue weighted by atomic mass is 10.2. The highest BCUT2D eigenvalue weighted by atomic mass is 35.5. The Balaban J connectivity index is 2.09. The predicted molar refractivity (Wildman–Crippen MR) is 78.8 cm³/mol. The second kappa shape index (κ2) is 5.32. The topological polar surface area (TPSA) is 58.2 Å². The van der Waals surface area contributed by atoms with Gasteiger partial charge in [0.15, 0.2) is 0 Å². The van der Waals surface area contributed by atoms with E-state index in [0.717, 1.165) is 11.0 Å². The van der Waals surface area contributed by atoms with Crippen molar-refractivity contribution < 1.29 is 9.53 Å². The third-order valence-corrected chi connectivity index (χ3v) is 2.82. The molecular formula is C14H18ClN3O2. The summed E-state index contributed by atoms with van der Waals surface area (Å²) in [6.45, 7) is 5.85. The van der Waals surface area contributed by atoms with E-state index in [2.05, 4.69) is 9.97 Å². The predicted octanol–water partition coefficient (Wildman–Crippen LogP) is 3.58. The van der Waals surface area contributed by atoms with E-state index in [1.807, 2.05) is 26.8 Å². The summed E-state index contributed by atoms with van der Waals surface area (Å²) in [7, 11) is 1.67. The molecule has 1 N–H and O–H groups in total. The van der Waals surface area contributed by atoms with Crippen LogP contribution >= 0.6 is 11.6 Å². The molecule has 20 heavy (non-hydrogen) atoms. The minimum atomic E-state index is -0.507. The number of rotatable bonds is 2. The quantitative estimate of drug-likeness (QED) is 0.921. The molecule has 0 fully saturated rings. The smallest absolute Gasteiger partial charge is 0.410 e. The molecule has 108 valence electrons. The van der Waals surface area contributed by atoms with Gasteiger partial charge in [-0.2, -0.15) is 0 Å². The fourth-order valence-electron chi connectivity index (χ4n) is 1.74. The van der Waals surface area contributed by atoms with Gasteiger partial charge in [0.1, 0.15) is 11.4 Å². The summed E-state index contributed by atoms with van der Waals surface area (Å²) >= 11 is 5.92. The number of amides is 1. The van der Waals surface area contributed by atoms with E-state index >= 15 is 0 Å². The van der Waals surface area contributed by atoms with Crippen LogP contribution in [-0.4, -0.2) is 33.6 Å². The second-order valence-electron chi connectivity index (χ2n) is 5.68. The Bertz CT molecular complexity index is 631. The number of imidazole rings is 1. The first-order valence-corrected chi connectivity index (χ1v) is 6.71. The Morgan fingerprint density at radius 2 is 2.15 bits per heavy atom. The Kier molecular flexibility index (Phi) is 3.90. The lowest BCUT2D eigenvalue weighted by Gasteiger charge is -2.24. The fraction of sp³-hybridized carbons (Fsp3) is 0.429. The van der Waals surface area contributed by atoms with Gasteiger partial charge in [0, 0.05) is 12.1 Å². The standard InChI is InChI=1S/C14H18ClN3O2/c1-14(2,3)20-13(19)18(4)8-12-16-10-6-5-9(15)7-11(10)17-12/h5-7H,8H2,1-4H3,(H,16,17). The van der Waals surface area contributed by atoms with Crippen LogP contribution < -0.4 is 0 Å². The van der Waals surface area contributed by atoms with Crippen LogP contribution in [0.4, 0.5) is 4.79 Å². The molecule has 0 radical (unpaired) electrons. The molecule has 0 saturated heterocycles. The van der Waals surface area contributed by atoms with Crippen molar-refractivity contribution in [1.82, 2.24) is 14.9 Å². The normalized spacial score (nSPS) is 11.7. The summed E-state index contributed by atoms with van der Waals surface area (Å²) in [5.74, 6) is 0.690. The zero-order chi connectivity index (χ0) is 14.9. The number of carbonyl (C=O) groups is 1. The average Bonchev–Trinajstić information content (AvgIpc) is 2.67. The summed E-state index contributed by atoms with van der Waals surface area (Å²) in [5, 5.41) is 0.646.